The van der Waals surface area contributed by atoms with E-state index in [0.29, 0.717) is 0 Å². The van der Waals surface area contributed by atoms with Gasteiger partial charge in [0.1, 0.15) is 17.0 Å². The van der Waals surface area contributed by atoms with Gasteiger partial charge in [-0.05, 0) is 58.4 Å². The third-order valence-electron chi connectivity index (χ3n) is 3.89. The fraction of sp³-hybridized carbons (Fsp3) is 0.625. The van der Waals surface area contributed by atoms with Gasteiger partial charge in [-0.3, -0.25) is 0 Å². The van der Waals surface area contributed by atoms with Gasteiger partial charge in [-0.2, -0.15) is 0 Å². The van der Waals surface area contributed by atoms with Crippen LogP contribution < -0.4 is 9.96 Å². The van der Waals surface area contributed by atoms with Gasteiger partial charge in [-0.1, -0.05) is 13.3 Å². The predicted molar refractivity (Wildman–Crippen MR) is 79.7 cm³/mol. The maximum Gasteiger partial charge on any atom is 0.124 e. The molecule has 0 N–H and O–H groups in total. The highest BCUT2D eigenvalue weighted by Gasteiger charge is 2.50. The Morgan fingerprint density at radius 3 is 2.05 bits per heavy atom. The van der Waals surface area contributed by atoms with E-state index < -0.39 is 0 Å². The van der Waals surface area contributed by atoms with Gasteiger partial charge in [0.05, 0.1) is 12.3 Å². The molecule has 4 nitrogen and oxygen atoms in total. The van der Waals surface area contributed by atoms with Gasteiger partial charge in [-0.15, -0.1) is 5.23 Å². The number of hydrogen-bond acceptors (Lipinski definition) is 4. The van der Waals surface area contributed by atoms with Crippen LogP contribution in [-0.2, 0) is 9.68 Å². The standard InChI is InChI=1S/C16H25NO3/c1-6-7-12-18-14-10-8-13(9-11-14)17-19-15(2,3)16(4,5)20-17/h8-11H,6-7,12H2,1-5H3. The van der Waals surface area contributed by atoms with Crippen LogP contribution in [-0.4, -0.2) is 17.8 Å². The zero-order chi connectivity index (χ0) is 14.8. The van der Waals surface area contributed by atoms with Crippen molar-refractivity contribution >= 4 is 5.69 Å². The van der Waals surface area contributed by atoms with Crippen molar-refractivity contribution in [3.63, 3.8) is 0 Å². The van der Waals surface area contributed by atoms with Gasteiger partial charge in [0.15, 0.2) is 0 Å². The Labute approximate surface area is 121 Å². The van der Waals surface area contributed by atoms with Crippen LogP contribution in [0.25, 0.3) is 0 Å². The molecule has 0 aliphatic carbocycles. The first-order valence-electron chi connectivity index (χ1n) is 7.27. The molecule has 20 heavy (non-hydrogen) atoms. The predicted octanol–water partition coefficient (Wildman–Crippen LogP) is 4.11. The lowest BCUT2D eigenvalue weighted by Gasteiger charge is -2.26. The molecule has 0 spiro atoms. The van der Waals surface area contributed by atoms with Crippen LogP contribution in [0.3, 0.4) is 0 Å². The average Bonchev–Trinajstić information content (AvgIpc) is 2.60. The molecule has 0 radical (unpaired) electrons. The number of rotatable bonds is 5. The highest BCUT2D eigenvalue weighted by atomic mass is 17.0. The van der Waals surface area contributed by atoms with Crippen LogP contribution in [0.4, 0.5) is 5.69 Å². The Balaban J connectivity index is 2.01. The minimum Gasteiger partial charge on any atom is -0.494 e. The second-order valence-electron chi connectivity index (χ2n) is 6.16. The maximum absolute atomic E-state index is 5.86. The SMILES string of the molecule is CCCCOc1ccc(N2OC(C)(C)C(C)(C)O2)cc1. The number of ether oxygens (including phenoxy) is 1. The Hall–Kier alpha value is -1.26. The summed E-state index contributed by atoms with van der Waals surface area (Å²) in [5.41, 5.74) is 0.124. The van der Waals surface area contributed by atoms with Gasteiger partial charge in [0.2, 0.25) is 0 Å². The molecule has 1 heterocycles. The zero-order valence-corrected chi connectivity index (χ0v) is 13.1. The molecular formula is C16H25NO3. The summed E-state index contributed by atoms with van der Waals surface area (Å²) in [6.45, 7) is 11.0. The first-order valence-corrected chi connectivity index (χ1v) is 7.27. The molecule has 2 rings (SSSR count). The number of nitrogens with zero attached hydrogens (tertiary/aromatic N) is 1. The van der Waals surface area contributed by atoms with Crippen molar-refractivity contribution in [2.45, 2.75) is 58.7 Å². The molecule has 1 aliphatic heterocycles. The van der Waals surface area contributed by atoms with Gasteiger partial charge in [-0.25, -0.2) is 9.68 Å². The number of benzene rings is 1. The summed E-state index contributed by atoms with van der Waals surface area (Å²) < 4.78 is 5.65. The minimum atomic E-state index is -0.372. The molecule has 0 aromatic heterocycles. The topological polar surface area (TPSA) is 30.9 Å². The Kier molecular flexibility index (Phi) is 4.25. The van der Waals surface area contributed by atoms with Crippen molar-refractivity contribution in [3.8, 4) is 5.75 Å². The highest BCUT2D eigenvalue weighted by Crippen LogP contribution is 2.39. The van der Waals surface area contributed by atoms with E-state index in [1.54, 1.807) is 0 Å². The molecule has 0 amide bonds. The van der Waals surface area contributed by atoms with Gasteiger partial charge in [0.25, 0.3) is 0 Å². The lowest BCUT2D eigenvalue weighted by atomic mass is 9.90. The third kappa shape index (κ3) is 3.07. The van der Waals surface area contributed by atoms with E-state index in [1.807, 2.05) is 52.0 Å². The van der Waals surface area contributed by atoms with Crippen LogP contribution >= 0.6 is 0 Å². The molecule has 0 unspecified atom stereocenters. The van der Waals surface area contributed by atoms with Crippen LogP contribution in [0.15, 0.2) is 24.3 Å². The quantitative estimate of drug-likeness (QED) is 0.759. The molecule has 0 bridgehead atoms. The Bertz CT molecular complexity index is 424. The van der Waals surface area contributed by atoms with Gasteiger partial charge < -0.3 is 4.74 Å². The zero-order valence-electron chi connectivity index (χ0n) is 13.1. The molecular weight excluding hydrogens is 254 g/mol. The van der Waals surface area contributed by atoms with E-state index in [-0.39, 0.29) is 11.2 Å². The van der Waals surface area contributed by atoms with E-state index in [4.69, 9.17) is 14.4 Å². The lowest BCUT2D eigenvalue weighted by Crippen LogP contribution is -2.41. The molecule has 1 aliphatic rings. The van der Waals surface area contributed by atoms with Crippen molar-refractivity contribution in [3.05, 3.63) is 24.3 Å². The van der Waals surface area contributed by atoms with Gasteiger partial charge in [0, 0.05) is 0 Å². The average molecular weight is 279 g/mol. The van der Waals surface area contributed by atoms with Crippen LogP contribution in [0.5, 0.6) is 5.75 Å². The summed E-state index contributed by atoms with van der Waals surface area (Å²) in [5, 5.41) is 1.50. The van der Waals surface area contributed by atoms with Crippen molar-refractivity contribution in [1.29, 1.82) is 0 Å². The second kappa shape index (κ2) is 5.62. The molecule has 1 saturated heterocycles. The second-order valence-corrected chi connectivity index (χ2v) is 6.16. The van der Waals surface area contributed by atoms with E-state index in [1.165, 1.54) is 5.23 Å². The molecule has 1 aromatic carbocycles. The third-order valence-corrected chi connectivity index (χ3v) is 3.89. The van der Waals surface area contributed by atoms with Gasteiger partial charge >= 0.3 is 0 Å². The summed E-state index contributed by atoms with van der Waals surface area (Å²) in [5.74, 6) is 0.875. The monoisotopic (exact) mass is 279 g/mol. The smallest absolute Gasteiger partial charge is 0.124 e. The number of unbranched alkanes of at least 4 members (excludes halogenated alkanes) is 1. The van der Waals surface area contributed by atoms with Crippen LogP contribution in [0.2, 0.25) is 0 Å². The fourth-order valence-corrected chi connectivity index (χ4v) is 1.76. The van der Waals surface area contributed by atoms with Crippen molar-refractivity contribution in [2.75, 3.05) is 11.8 Å². The lowest BCUT2D eigenvalue weighted by molar-refractivity contribution is -0.0273. The fourth-order valence-electron chi connectivity index (χ4n) is 1.76. The first-order chi connectivity index (χ1) is 9.36. The summed E-state index contributed by atoms with van der Waals surface area (Å²) in [7, 11) is 0. The number of anilines is 1. The maximum atomic E-state index is 5.86. The minimum absolute atomic E-state index is 0.372. The van der Waals surface area contributed by atoms with E-state index >= 15 is 0 Å². The van der Waals surface area contributed by atoms with Crippen LogP contribution in [0.1, 0.15) is 47.5 Å². The molecule has 1 fully saturated rings. The van der Waals surface area contributed by atoms with Crippen molar-refractivity contribution < 1.29 is 14.4 Å². The largest absolute Gasteiger partial charge is 0.494 e. The summed E-state index contributed by atoms with van der Waals surface area (Å²) >= 11 is 0. The summed E-state index contributed by atoms with van der Waals surface area (Å²) in [6.07, 6.45) is 2.21. The Morgan fingerprint density at radius 1 is 1.00 bits per heavy atom. The van der Waals surface area contributed by atoms with E-state index in [9.17, 15) is 0 Å². The molecule has 4 heteroatoms. The first kappa shape index (κ1) is 15.1. The number of hydrogen-bond donors (Lipinski definition) is 0. The molecule has 0 atom stereocenters. The molecule has 112 valence electrons. The highest BCUT2D eigenvalue weighted by molar-refractivity contribution is 5.46. The molecule has 0 saturated carbocycles. The van der Waals surface area contributed by atoms with E-state index in [0.717, 1.165) is 30.9 Å². The van der Waals surface area contributed by atoms with Crippen molar-refractivity contribution in [1.82, 2.24) is 0 Å². The summed E-state index contributed by atoms with van der Waals surface area (Å²) in [4.78, 5) is 11.7. The van der Waals surface area contributed by atoms with E-state index in [2.05, 4.69) is 6.92 Å². The van der Waals surface area contributed by atoms with Crippen molar-refractivity contribution in [2.24, 2.45) is 0 Å². The van der Waals surface area contributed by atoms with Crippen LogP contribution in [0, 0.1) is 0 Å². The Morgan fingerprint density at radius 2 is 1.55 bits per heavy atom. The summed E-state index contributed by atoms with van der Waals surface area (Å²) in [6, 6.07) is 7.77. The molecule has 1 aromatic rings. The normalized spacial score (nSPS) is 20.1.